The minimum Gasteiger partial charge on any atom is -0.471 e. The van der Waals surface area contributed by atoms with Gasteiger partial charge in [0.05, 0.1) is 6.20 Å². The van der Waals surface area contributed by atoms with E-state index in [-0.39, 0.29) is 12.6 Å². The van der Waals surface area contributed by atoms with Crippen molar-refractivity contribution in [2.75, 3.05) is 6.54 Å². The zero-order valence-electron chi connectivity index (χ0n) is 14.4. The zero-order valence-corrected chi connectivity index (χ0v) is 16.0. The Morgan fingerprint density at radius 3 is 2.77 bits per heavy atom. The van der Waals surface area contributed by atoms with Crippen LogP contribution in [-0.4, -0.2) is 32.0 Å². The fraction of sp³-hybridized carbons (Fsp3) is 0.278. The Bertz CT molecular complexity index is 857. The maximum atomic E-state index is 12.1. The van der Waals surface area contributed by atoms with E-state index < -0.39 is 0 Å². The first-order valence-electron chi connectivity index (χ1n) is 8.29. The highest BCUT2D eigenvalue weighted by molar-refractivity contribution is 9.10. The highest BCUT2D eigenvalue weighted by Crippen LogP contribution is 2.16. The molecule has 0 saturated heterocycles. The van der Waals surface area contributed by atoms with Crippen LogP contribution in [0.5, 0.6) is 5.75 Å². The third kappa shape index (κ3) is 5.19. The largest absolute Gasteiger partial charge is 0.471 e. The monoisotopic (exact) mass is 417 g/mol. The molecule has 1 N–H and O–H groups in total. The molecule has 0 aliphatic heterocycles. The van der Waals surface area contributed by atoms with Gasteiger partial charge >= 0.3 is 0 Å². The molecule has 8 heteroatoms. The summed E-state index contributed by atoms with van der Waals surface area (Å²) >= 11 is 3.38. The molecule has 1 amide bonds. The number of aryl methyl sites for hydroxylation is 2. The van der Waals surface area contributed by atoms with Crippen LogP contribution < -0.4 is 10.1 Å². The van der Waals surface area contributed by atoms with Gasteiger partial charge in [-0.05, 0) is 49.2 Å². The van der Waals surface area contributed by atoms with Crippen molar-refractivity contribution in [3.63, 3.8) is 0 Å². The average Bonchev–Trinajstić information content (AvgIpc) is 3.27. The number of hydrogen-bond acceptors (Lipinski definition) is 4. The second-order valence-electron chi connectivity index (χ2n) is 5.86. The van der Waals surface area contributed by atoms with Crippen LogP contribution in [0.15, 0.2) is 53.4 Å². The summed E-state index contributed by atoms with van der Waals surface area (Å²) in [5, 5.41) is 11.3. The Hall–Kier alpha value is -2.61. The summed E-state index contributed by atoms with van der Waals surface area (Å²) in [6, 6.07) is 9.21. The molecule has 0 unspecified atom stereocenters. The van der Waals surface area contributed by atoms with Gasteiger partial charge in [0.15, 0.2) is 6.73 Å². The Morgan fingerprint density at radius 1 is 1.23 bits per heavy atom. The number of rotatable bonds is 8. The van der Waals surface area contributed by atoms with Crippen molar-refractivity contribution in [3.05, 3.63) is 64.7 Å². The highest BCUT2D eigenvalue weighted by Gasteiger charge is 2.09. The molecule has 0 bridgehead atoms. The molecular weight excluding hydrogens is 398 g/mol. The molecule has 3 aromatic rings. The van der Waals surface area contributed by atoms with E-state index in [1.165, 1.54) is 0 Å². The molecule has 0 aliphatic carbocycles. The van der Waals surface area contributed by atoms with Crippen molar-refractivity contribution in [1.82, 2.24) is 24.9 Å². The molecule has 3 rings (SSSR count). The molecule has 26 heavy (non-hydrogen) atoms. The molecule has 0 aliphatic rings. The Labute approximate surface area is 160 Å². The Balaban J connectivity index is 1.41. The van der Waals surface area contributed by atoms with E-state index in [9.17, 15) is 4.79 Å². The van der Waals surface area contributed by atoms with Crippen LogP contribution in [-0.2, 0) is 13.3 Å². The van der Waals surface area contributed by atoms with Gasteiger partial charge in [-0.15, -0.1) is 0 Å². The lowest BCUT2D eigenvalue weighted by atomic mass is 10.3. The molecule has 7 nitrogen and oxygen atoms in total. The smallest absolute Gasteiger partial charge is 0.271 e. The number of benzene rings is 1. The predicted molar refractivity (Wildman–Crippen MR) is 101 cm³/mol. The van der Waals surface area contributed by atoms with E-state index >= 15 is 0 Å². The van der Waals surface area contributed by atoms with Crippen LogP contribution in [0.4, 0.5) is 0 Å². The minimum absolute atomic E-state index is 0.191. The molecule has 1 aromatic carbocycles. The lowest BCUT2D eigenvalue weighted by molar-refractivity contribution is 0.0945. The summed E-state index contributed by atoms with van der Waals surface area (Å²) in [7, 11) is 0. The van der Waals surface area contributed by atoms with Gasteiger partial charge < -0.3 is 10.1 Å². The van der Waals surface area contributed by atoms with Crippen LogP contribution in [0.3, 0.4) is 0 Å². The third-order valence-electron chi connectivity index (χ3n) is 3.66. The molecule has 0 spiro atoms. The van der Waals surface area contributed by atoms with Crippen molar-refractivity contribution in [2.45, 2.75) is 26.6 Å². The summed E-state index contributed by atoms with van der Waals surface area (Å²) in [5.74, 6) is 0.549. The minimum atomic E-state index is -0.191. The third-order valence-corrected chi connectivity index (χ3v) is 4.19. The molecule has 0 atom stereocenters. The summed E-state index contributed by atoms with van der Waals surface area (Å²) < 4.78 is 10.1. The first kappa shape index (κ1) is 18.2. The number of aromatic nitrogens is 4. The van der Waals surface area contributed by atoms with E-state index in [1.54, 1.807) is 16.9 Å². The lowest BCUT2D eigenvalue weighted by Crippen LogP contribution is -2.26. The fourth-order valence-electron chi connectivity index (χ4n) is 2.35. The normalized spacial score (nSPS) is 10.7. The van der Waals surface area contributed by atoms with Crippen LogP contribution in [0, 0.1) is 6.92 Å². The molecule has 0 radical (unpaired) electrons. The van der Waals surface area contributed by atoms with Gasteiger partial charge in [-0.2, -0.15) is 10.2 Å². The van der Waals surface area contributed by atoms with Gasteiger partial charge in [-0.3, -0.25) is 9.48 Å². The number of nitrogens with zero attached hydrogens (tertiary/aromatic N) is 4. The van der Waals surface area contributed by atoms with Gasteiger partial charge in [-0.25, -0.2) is 4.68 Å². The number of carbonyl (C=O) groups excluding carboxylic acids is 1. The second kappa shape index (κ2) is 8.66. The van der Waals surface area contributed by atoms with Crippen LogP contribution in [0.2, 0.25) is 0 Å². The van der Waals surface area contributed by atoms with Crippen LogP contribution in [0.1, 0.15) is 22.5 Å². The summed E-state index contributed by atoms with van der Waals surface area (Å²) in [6.45, 7) is 3.58. The van der Waals surface area contributed by atoms with E-state index in [1.807, 2.05) is 48.3 Å². The van der Waals surface area contributed by atoms with Crippen LogP contribution in [0.25, 0.3) is 0 Å². The summed E-state index contributed by atoms with van der Waals surface area (Å²) in [4.78, 5) is 12.1. The molecule has 0 saturated carbocycles. The van der Waals surface area contributed by atoms with E-state index in [0.717, 1.165) is 28.8 Å². The summed E-state index contributed by atoms with van der Waals surface area (Å²) in [5.41, 5.74) is 1.50. The van der Waals surface area contributed by atoms with Crippen LogP contribution >= 0.6 is 15.9 Å². The van der Waals surface area contributed by atoms with Crippen molar-refractivity contribution in [1.29, 1.82) is 0 Å². The molecule has 0 fully saturated rings. The van der Waals surface area contributed by atoms with Gasteiger partial charge in [0, 0.05) is 30.0 Å². The standard InChI is InChI=1S/C18H20BrN5O2/c1-14-11-21-23(12-14)9-2-8-20-18(25)17-7-10-24(22-17)13-26-16-5-3-15(19)4-6-16/h3-7,10-12H,2,8-9,13H2,1H3,(H,20,25). The van der Waals surface area contributed by atoms with E-state index in [4.69, 9.17) is 4.74 Å². The molecule has 2 heterocycles. The first-order valence-corrected chi connectivity index (χ1v) is 9.08. The number of ether oxygens (including phenoxy) is 1. The molecule has 136 valence electrons. The van der Waals surface area contributed by atoms with Crippen molar-refractivity contribution >= 4 is 21.8 Å². The van der Waals surface area contributed by atoms with Gasteiger partial charge in [0.25, 0.3) is 5.91 Å². The predicted octanol–water partition coefficient (Wildman–Crippen LogP) is 3.01. The lowest BCUT2D eigenvalue weighted by Gasteiger charge is -2.06. The Morgan fingerprint density at radius 2 is 2.04 bits per heavy atom. The zero-order chi connectivity index (χ0) is 18.4. The van der Waals surface area contributed by atoms with E-state index in [2.05, 4.69) is 31.4 Å². The quantitative estimate of drug-likeness (QED) is 0.571. The maximum absolute atomic E-state index is 12.1. The highest BCUT2D eigenvalue weighted by atomic mass is 79.9. The number of hydrogen-bond donors (Lipinski definition) is 1. The average molecular weight is 418 g/mol. The Kier molecular flexibility index (Phi) is 6.06. The van der Waals surface area contributed by atoms with E-state index in [0.29, 0.717) is 12.2 Å². The van der Waals surface area contributed by atoms with Gasteiger partial charge in [0.2, 0.25) is 0 Å². The number of carbonyl (C=O) groups is 1. The molecular formula is C18H20BrN5O2. The van der Waals surface area contributed by atoms with Gasteiger partial charge in [-0.1, -0.05) is 15.9 Å². The number of nitrogens with one attached hydrogen (secondary N) is 1. The van der Waals surface area contributed by atoms with Crippen molar-refractivity contribution < 1.29 is 9.53 Å². The topological polar surface area (TPSA) is 74.0 Å². The first-order chi connectivity index (χ1) is 12.6. The SMILES string of the molecule is Cc1cnn(CCCNC(=O)c2ccn(COc3ccc(Br)cc3)n2)c1. The molecule has 2 aromatic heterocycles. The number of halogens is 1. The maximum Gasteiger partial charge on any atom is 0.271 e. The van der Waals surface area contributed by atoms with Crippen molar-refractivity contribution in [2.24, 2.45) is 0 Å². The van der Waals surface area contributed by atoms with Crippen molar-refractivity contribution in [3.8, 4) is 5.75 Å². The van der Waals surface area contributed by atoms with Gasteiger partial charge in [0.1, 0.15) is 11.4 Å². The number of amides is 1. The fourth-order valence-corrected chi connectivity index (χ4v) is 2.61. The second-order valence-corrected chi connectivity index (χ2v) is 6.77. The summed E-state index contributed by atoms with van der Waals surface area (Å²) in [6.07, 6.45) is 6.33.